The second kappa shape index (κ2) is 8.61. The van der Waals surface area contributed by atoms with E-state index in [0.29, 0.717) is 5.56 Å². The van der Waals surface area contributed by atoms with Crippen LogP contribution in [0.25, 0.3) is 0 Å². The van der Waals surface area contributed by atoms with Crippen LogP contribution in [0.5, 0.6) is 0 Å². The predicted octanol–water partition coefficient (Wildman–Crippen LogP) is 0.726. The van der Waals surface area contributed by atoms with Gasteiger partial charge in [0.05, 0.1) is 22.6 Å². The first-order valence-electron chi connectivity index (χ1n) is 10.1. The Morgan fingerprint density at radius 2 is 1.82 bits per heavy atom. The van der Waals surface area contributed by atoms with Crippen LogP contribution in [0.15, 0.2) is 47.4 Å². The fourth-order valence-corrected chi connectivity index (χ4v) is 4.72. The SMILES string of the molecule is Cc1cccc(S(=O)(=O)NCC#Cc2ccc3c(c2)C(=O)N(C2CCC(=O)NC2=O)C3=O)c1. The lowest BCUT2D eigenvalue weighted by Crippen LogP contribution is -2.54. The number of nitrogens with zero attached hydrogens (tertiary/aromatic N) is 1. The Balaban J connectivity index is 1.48. The fourth-order valence-electron chi connectivity index (χ4n) is 3.69. The van der Waals surface area contributed by atoms with Gasteiger partial charge in [0.15, 0.2) is 0 Å². The van der Waals surface area contributed by atoms with E-state index in [2.05, 4.69) is 21.9 Å². The maximum atomic E-state index is 12.8. The number of carbonyl (C=O) groups excluding carboxylic acids is 4. The molecule has 1 unspecified atom stereocenters. The quantitative estimate of drug-likeness (QED) is 0.506. The van der Waals surface area contributed by atoms with Crippen molar-refractivity contribution in [1.29, 1.82) is 0 Å². The van der Waals surface area contributed by atoms with E-state index in [9.17, 15) is 27.6 Å². The average Bonchev–Trinajstić information content (AvgIpc) is 3.01. The lowest BCUT2D eigenvalue weighted by molar-refractivity contribution is -0.136. The van der Waals surface area contributed by atoms with Gasteiger partial charge in [-0.2, -0.15) is 4.72 Å². The molecule has 1 fully saturated rings. The standard InChI is InChI=1S/C23H19N3O6S/c1-14-4-2-6-16(12-14)33(31,32)24-11-3-5-15-7-8-17-18(13-15)23(30)26(22(17)29)19-9-10-20(27)25-21(19)28/h2,4,6-8,12-13,19,24H,9-11H2,1H3,(H,25,27,28). The number of carbonyl (C=O) groups is 4. The van der Waals surface area contributed by atoms with Gasteiger partial charge < -0.3 is 0 Å². The highest BCUT2D eigenvalue weighted by Gasteiger charge is 2.44. The summed E-state index contributed by atoms with van der Waals surface area (Å²) in [6.07, 6.45) is 0.114. The topological polar surface area (TPSA) is 130 Å². The number of amides is 4. The summed E-state index contributed by atoms with van der Waals surface area (Å²) in [5.41, 5.74) is 1.48. The molecule has 10 heteroatoms. The molecule has 4 rings (SSSR count). The number of hydrogen-bond donors (Lipinski definition) is 2. The molecule has 0 aromatic heterocycles. The van der Waals surface area contributed by atoms with Gasteiger partial charge in [0.25, 0.3) is 11.8 Å². The number of sulfonamides is 1. The molecule has 0 bridgehead atoms. The largest absolute Gasteiger partial charge is 0.295 e. The number of aryl methyl sites for hydroxylation is 1. The summed E-state index contributed by atoms with van der Waals surface area (Å²) in [6, 6.07) is 9.86. The first-order chi connectivity index (χ1) is 15.7. The molecule has 0 spiro atoms. The molecule has 9 nitrogen and oxygen atoms in total. The summed E-state index contributed by atoms with van der Waals surface area (Å²) >= 11 is 0. The molecule has 2 N–H and O–H groups in total. The second-order valence-electron chi connectivity index (χ2n) is 7.65. The zero-order valence-electron chi connectivity index (χ0n) is 17.5. The van der Waals surface area contributed by atoms with E-state index in [-0.39, 0.29) is 35.4 Å². The Morgan fingerprint density at radius 3 is 2.55 bits per heavy atom. The van der Waals surface area contributed by atoms with E-state index < -0.39 is 39.7 Å². The van der Waals surface area contributed by atoms with Crippen LogP contribution in [0.3, 0.4) is 0 Å². The second-order valence-corrected chi connectivity index (χ2v) is 9.42. The van der Waals surface area contributed by atoms with Crippen LogP contribution in [-0.4, -0.2) is 49.5 Å². The summed E-state index contributed by atoms with van der Waals surface area (Å²) in [5.74, 6) is 3.11. The molecule has 33 heavy (non-hydrogen) atoms. The Kier molecular flexibility index (Phi) is 5.84. The van der Waals surface area contributed by atoms with Crippen LogP contribution in [0.4, 0.5) is 0 Å². The molecule has 2 aromatic rings. The number of benzene rings is 2. The lowest BCUT2D eigenvalue weighted by atomic mass is 10.0. The Labute approximate surface area is 190 Å². The minimum Gasteiger partial charge on any atom is -0.295 e. The molecule has 1 saturated heterocycles. The highest BCUT2D eigenvalue weighted by atomic mass is 32.2. The van der Waals surface area contributed by atoms with E-state index in [1.54, 1.807) is 31.2 Å². The maximum Gasteiger partial charge on any atom is 0.262 e. The number of fused-ring (bicyclic) bond motifs is 1. The number of nitrogens with one attached hydrogen (secondary N) is 2. The monoisotopic (exact) mass is 465 g/mol. The normalized spacial score (nSPS) is 18.0. The molecule has 0 saturated carbocycles. The highest BCUT2D eigenvalue weighted by Crippen LogP contribution is 2.28. The average molecular weight is 465 g/mol. The minimum absolute atomic E-state index is 0.0407. The van der Waals surface area contributed by atoms with Crippen LogP contribution in [-0.2, 0) is 19.6 Å². The minimum atomic E-state index is -3.71. The van der Waals surface area contributed by atoms with Crippen molar-refractivity contribution in [1.82, 2.24) is 14.9 Å². The molecule has 2 aliphatic rings. The van der Waals surface area contributed by atoms with Gasteiger partial charge in [-0.25, -0.2) is 8.42 Å². The van der Waals surface area contributed by atoms with Gasteiger partial charge in [-0.15, -0.1) is 0 Å². The molecule has 2 aromatic carbocycles. The Hall–Kier alpha value is -3.81. The Bertz CT molecular complexity index is 1370. The number of piperidine rings is 1. The van der Waals surface area contributed by atoms with Crippen LogP contribution in [0.2, 0.25) is 0 Å². The van der Waals surface area contributed by atoms with Crippen LogP contribution < -0.4 is 10.0 Å². The third-order valence-electron chi connectivity index (χ3n) is 5.32. The third kappa shape index (κ3) is 4.41. The van der Waals surface area contributed by atoms with Crippen molar-refractivity contribution in [3.8, 4) is 11.8 Å². The molecular weight excluding hydrogens is 446 g/mol. The van der Waals surface area contributed by atoms with Crippen molar-refractivity contribution in [3.63, 3.8) is 0 Å². The van der Waals surface area contributed by atoms with Crippen molar-refractivity contribution in [2.24, 2.45) is 0 Å². The highest BCUT2D eigenvalue weighted by molar-refractivity contribution is 7.89. The first kappa shape index (κ1) is 22.4. The molecule has 0 radical (unpaired) electrons. The van der Waals surface area contributed by atoms with Gasteiger partial charge in [0, 0.05) is 12.0 Å². The summed E-state index contributed by atoms with van der Waals surface area (Å²) in [6.45, 7) is 1.64. The van der Waals surface area contributed by atoms with Gasteiger partial charge >= 0.3 is 0 Å². The van der Waals surface area contributed by atoms with E-state index in [0.717, 1.165) is 10.5 Å². The lowest BCUT2D eigenvalue weighted by Gasteiger charge is -2.27. The summed E-state index contributed by atoms with van der Waals surface area (Å²) < 4.78 is 27.1. The van der Waals surface area contributed by atoms with E-state index in [1.807, 2.05) is 0 Å². The molecule has 4 amide bonds. The van der Waals surface area contributed by atoms with E-state index in [4.69, 9.17) is 0 Å². The summed E-state index contributed by atoms with van der Waals surface area (Å²) in [4.78, 5) is 50.0. The predicted molar refractivity (Wildman–Crippen MR) is 116 cm³/mol. The van der Waals surface area contributed by atoms with Crippen molar-refractivity contribution in [3.05, 3.63) is 64.7 Å². The van der Waals surface area contributed by atoms with Gasteiger partial charge in [0.1, 0.15) is 6.04 Å². The third-order valence-corrected chi connectivity index (χ3v) is 6.72. The maximum absolute atomic E-state index is 12.8. The molecule has 2 heterocycles. The van der Waals surface area contributed by atoms with Crippen LogP contribution >= 0.6 is 0 Å². The molecule has 0 aliphatic carbocycles. The van der Waals surface area contributed by atoms with Crippen molar-refractivity contribution in [2.45, 2.75) is 30.7 Å². The van der Waals surface area contributed by atoms with Gasteiger partial charge in [-0.3, -0.25) is 29.4 Å². The molecule has 1 atom stereocenters. The number of imide groups is 2. The van der Waals surface area contributed by atoms with Crippen LogP contribution in [0, 0.1) is 18.8 Å². The first-order valence-corrected chi connectivity index (χ1v) is 11.6. The van der Waals surface area contributed by atoms with Crippen molar-refractivity contribution >= 4 is 33.7 Å². The Morgan fingerprint density at radius 1 is 1.06 bits per heavy atom. The molecule has 2 aliphatic heterocycles. The van der Waals surface area contributed by atoms with Gasteiger partial charge in [-0.1, -0.05) is 24.0 Å². The van der Waals surface area contributed by atoms with Crippen molar-refractivity contribution < 1.29 is 27.6 Å². The van der Waals surface area contributed by atoms with E-state index >= 15 is 0 Å². The smallest absolute Gasteiger partial charge is 0.262 e. The zero-order chi connectivity index (χ0) is 23.8. The molecule has 168 valence electrons. The van der Waals surface area contributed by atoms with Crippen molar-refractivity contribution in [2.75, 3.05) is 6.54 Å². The van der Waals surface area contributed by atoms with Gasteiger partial charge in [0.2, 0.25) is 21.8 Å². The van der Waals surface area contributed by atoms with Gasteiger partial charge in [-0.05, 0) is 49.2 Å². The fraction of sp³-hybridized carbons (Fsp3) is 0.217. The molecular formula is C23H19N3O6S. The number of hydrogen-bond acceptors (Lipinski definition) is 6. The summed E-state index contributed by atoms with van der Waals surface area (Å²) in [5, 5.41) is 2.14. The van der Waals surface area contributed by atoms with Crippen LogP contribution in [0.1, 0.15) is 44.7 Å². The summed E-state index contributed by atoms with van der Waals surface area (Å²) in [7, 11) is -3.71. The van der Waals surface area contributed by atoms with E-state index in [1.165, 1.54) is 18.2 Å². The number of rotatable bonds is 4. The zero-order valence-corrected chi connectivity index (χ0v) is 18.4.